The molecule has 3 aromatic rings. The first-order valence-electron chi connectivity index (χ1n) is 8.17. The number of para-hydroxylation sites is 1. The second-order valence-electron chi connectivity index (χ2n) is 5.67. The second-order valence-corrected chi connectivity index (χ2v) is 6.98. The van der Waals surface area contributed by atoms with E-state index in [0.717, 1.165) is 11.3 Å². The summed E-state index contributed by atoms with van der Waals surface area (Å²) >= 11 is 1.17. The van der Waals surface area contributed by atoms with Crippen molar-refractivity contribution in [3.63, 3.8) is 0 Å². The number of hydrogen-bond acceptors (Lipinski definition) is 5. The molecule has 0 fully saturated rings. The molecule has 0 spiro atoms. The molecule has 3 rings (SSSR count). The third kappa shape index (κ3) is 4.64. The largest absolute Gasteiger partial charge is 0.486 e. The monoisotopic (exact) mass is 369 g/mol. The Hall–Kier alpha value is -2.80. The van der Waals surface area contributed by atoms with E-state index < -0.39 is 11.2 Å². The van der Waals surface area contributed by atoms with Gasteiger partial charge in [-0.05, 0) is 24.6 Å². The lowest BCUT2D eigenvalue weighted by Crippen LogP contribution is -2.14. The Kier molecular flexibility index (Phi) is 5.91. The molecule has 7 heteroatoms. The molecule has 1 aromatic heterocycles. The number of nitrogens with zero attached hydrogens (tertiary/aromatic N) is 3. The van der Waals surface area contributed by atoms with E-state index in [4.69, 9.17) is 4.74 Å². The van der Waals surface area contributed by atoms with E-state index in [1.54, 1.807) is 6.92 Å². The Morgan fingerprint density at radius 2 is 1.77 bits per heavy atom. The van der Waals surface area contributed by atoms with Crippen molar-refractivity contribution < 1.29 is 14.6 Å². The van der Waals surface area contributed by atoms with E-state index >= 15 is 0 Å². The van der Waals surface area contributed by atoms with Crippen LogP contribution in [0.15, 0.2) is 65.8 Å². The molecular formula is C19H19N3O3S. The van der Waals surface area contributed by atoms with E-state index in [2.05, 4.69) is 10.2 Å². The molecule has 0 bridgehead atoms. The summed E-state index contributed by atoms with van der Waals surface area (Å²) in [7, 11) is 0. The molecule has 1 heterocycles. The molecule has 0 aliphatic carbocycles. The smallest absolute Gasteiger partial charge is 0.316 e. The fraction of sp³-hybridized carbons (Fsp3) is 0.211. The number of benzene rings is 2. The van der Waals surface area contributed by atoms with Gasteiger partial charge in [0, 0.05) is 0 Å². The van der Waals surface area contributed by atoms with Crippen molar-refractivity contribution >= 4 is 17.7 Å². The maximum atomic E-state index is 11.2. The summed E-state index contributed by atoms with van der Waals surface area (Å²) in [6.45, 7) is 2.44. The van der Waals surface area contributed by atoms with Crippen LogP contribution in [0.5, 0.6) is 5.75 Å². The highest BCUT2D eigenvalue weighted by Gasteiger charge is 2.20. The van der Waals surface area contributed by atoms with Gasteiger partial charge in [-0.15, -0.1) is 10.2 Å². The highest BCUT2D eigenvalue weighted by molar-refractivity contribution is 8.00. The van der Waals surface area contributed by atoms with Crippen LogP contribution in [-0.4, -0.2) is 31.1 Å². The summed E-state index contributed by atoms with van der Waals surface area (Å²) in [4.78, 5) is 11.2. The molecule has 0 saturated heterocycles. The van der Waals surface area contributed by atoms with Crippen LogP contribution in [0.4, 0.5) is 0 Å². The first kappa shape index (κ1) is 18.0. The van der Waals surface area contributed by atoms with Crippen LogP contribution in [0.3, 0.4) is 0 Å². The summed E-state index contributed by atoms with van der Waals surface area (Å²) < 4.78 is 7.69. The van der Waals surface area contributed by atoms with Gasteiger partial charge in [-0.25, -0.2) is 0 Å². The molecule has 0 aliphatic rings. The van der Waals surface area contributed by atoms with Crippen molar-refractivity contribution in [2.24, 2.45) is 0 Å². The number of carboxylic acid groups (broad SMARTS) is 1. The van der Waals surface area contributed by atoms with E-state index in [0.29, 0.717) is 17.5 Å². The Labute approximate surface area is 155 Å². The highest BCUT2D eigenvalue weighted by atomic mass is 32.2. The summed E-state index contributed by atoms with van der Waals surface area (Å²) in [6, 6.07) is 19.4. The predicted octanol–water partition coefficient (Wildman–Crippen LogP) is 3.47. The zero-order valence-electron chi connectivity index (χ0n) is 14.3. The van der Waals surface area contributed by atoms with Gasteiger partial charge in [0.1, 0.15) is 17.6 Å². The van der Waals surface area contributed by atoms with Crippen molar-refractivity contribution in [2.75, 3.05) is 0 Å². The first-order chi connectivity index (χ1) is 12.6. The minimum atomic E-state index is -0.883. The van der Waals surface area contributed by atoms with Crippen LogP contribution in [0.25, 0.3) is 0 Å². The zero-order chi connectivity index (χ0) is 18.4. The summed E-state index contributed by atoms with van der Waals surface area (Å²) in [5, 5.41) is 17.5. The third-order valence-corrected chi connectivity index (χ3v) is 4.79. The molecule has 1 atom stereocenters. The van der Waals surface area contributed by atoms with Crippen LogP contribution in [0.1, 0.15) is 18.3 Å². The van der Waals surface area contributed by atoms with Crippen molar-refractivity contribution in [2.45, 2.75) is 30.5 Å². The lowest BCUT2D eigenvalue weighted by molar-refractivity contribution is -0.136. The van der Waals surface area contributed by atoms with Gasteiger partial charge in [0.25, 0.3) is 0 Å². The Balaban J connectivity index is 1.83. The topological polar surface area (TPSA) is 77.2 Å². The normalized spacial score (nSPS) is 11.9. The number of carboxylic acids is 1. The maximum Gasteiger partial charge on any atom is 0.316 e. The lowest BCUT2D eigenvalue weighted by atomic mass is 10.2. The van der Waals surface area contributed by atoms with E-state index in [1.165, 1.54) is 11.8 Å². The van der Waals surface area contributed by atoms with Gasteiger partial charge in [-0.1, -0.05) is 60.3 Å². The van der Waals surface area contributed by atoms with Crippen LogP contribution >= 0.6 is 11.8 Å². The van der Waals surface area contributed by atoms with Crippen molar-refractivity contribution in [3.8, 4) is 5.75 Å². The SMILES string of the molecule is C[C@H](Sc1nnc(COc2ccccc2)n1Cc1ccccc1)C(=O)O. The van der Waals surface area contributed by atoms with Crippen LogP contribution < -0.4 is 4.74 Å². The maximum absolute atomic E-state index is 11.2. The van der Waals surface area contributed by atoms with Crippen molar-refractivity contribution in [1.29, 1.82) is 0 Å². The molecule has 0 radical (unpaired) electrons. The number of carbonyl (C=O) groups is 1. The summed E-state index contributed by atoms with van der Waals surface area (Å²) in [5.41, 5.74) is 1.08. The highest BCUT2D eigenvalue weighted by Crippen LogP contribution is 2.24. The van der Waals surface area contributed by atoms with Gasteiger partial charge in [0.05, 0.1) is 6.54 Å². The van der Waals surface area contributed by atoms with Crippen LogP contribution in [0.2, 0.25) is 0 Å². The minimum absolute atomic E-state index is 0.256. The number of aliphatic carboxylic acids is 1. The number of hydrogen-bond donors (Lipinski definition) is 1. The molecule has 0 unspecified atom stereocenters. The molecular weight excluding hydrogens is 350 g/mol. The predicted molar refractivity (Wildman–Crippen MR) is 99.3 cm³/mol. The fourth-order valence-corrected chi connectivity index (χ4v) is 3.11. The molecule has 6 nitrogen and oxygen atoms in total. The molecule has 0 aliphatic heterocycles. The fourth-order valence-electron chi connectivity index (χ4n) is 2.31. The average molecular weight is 369 g/mol. The average Bonchev–Trinajstić information content (AvgIpc) is 3.03. The molecule has 1 N–H and O–H groups in total. The van der Waals surface area contributed by atoms with E-state index in [9.17, 15) is 9.90 Å². The number of ether oxygens (including phenoxy) is 1. The van der Waals surface area contributed by atoms with Gasteiger partial charge in [-0.3, -0.25) is 9.36 Å². The third-order valence-electron chi connectivity index (χ3n) is 3.72. The summed E-state index contributed by atoms with van der Waals surface area (Å²) in [5.74, 6) is 0.513. The molecule has 0 saturated carbocycles. The van der Waals surface area contributed by atoms with Crippen LogP contribution in [0, 0.1) is 0 Å². The molecule has 134 valence electrons. The zero-order valence-corrected chi connectivity index (χ0v) is 15.1. The number of rotatable bonds is 8. The van der Waals surface area contributed by atoms with Crippen molar-refractivity contribution in [1.82, 2.24) is 14.8 Å². The molecule has 2 aromatic carbocycles. The van der Waals surface area contributed by atoms with Gasteiger partial charge in [0.2, 0.25) is 0 Å². The van der Waals surface area contributed by atoms with Crippen LogP contribution in [-0.2, 0) is 17.9 Å². The standard InChI is InChI=1S/C19H19N3O3S/c1-14(18(23)24)26-19-21-20-17(13-25-16-10-6-3-7-11-16)22(19)12-15-8-4-2-5-9-15/h2-11,14H,12-13H2,1H3,(H,23,24)/t14-/m0/s1. The quantitative estimate of drug-likeness (QED) is 0.613. The Morgan fingerprint density at radius 3 is 2.42 bits per heavy atom. The van der Waals surface area contributed by atoms with Gasteiger partial charge in [-0.2, -0.15) is 0 Å². The van der Waals surface area contributed by atoms with E-state index in [1.807, 2.05) is 65.2 Å². The Bertz CT molecular complexity index is 853. The molecule has 0 amide bonds. The first-order valence-corrected chi connectivity index (χ1v) is 9.05. The minimum Gasteiger partial charge on any atom is -0.486 e. The summed E-state index contributed by atoms with van der Waals surface area (Å²) in [6.07, 6.45) is 0. The van der Waals surface area contributed by atoms with Gasteiger partial charge < -0.3 is 9.84 Å². The van der Waals surface area contributed by atoms with Gasteiger partial charge >= 0.3 is 5.97 Å². The molecule has 26 heavy (non-hydrogen) atoms. The number of thioether (sulfide) groups is 1. The number of aromatic nitrogens is 3. The van der Waals surface area contributed by atoms with E-state index in [-0.39, 0.29) is 6.61 Å². The van der Waals surface area contributed by atoms with Gasteiger partial charge in [0.15, 0.2) is 11.0 Å². The van der Waals surface area contributed by atoms with Crippen molar-refractivity contribution in [3.05, 3.63) is 72.1 Å². The lowest BCUT2D eigenvalue weighted by Gasteiger charge is -2.12. The Morgan fingerprint density at radius 1 is 1.12 bits per heavy atom. The second kappa shape index (κ2) is 8.53.